The molecule has 0 saturated heterocycles. The van der Waals surface area contributed by atoms with Gasteiger partial charge < -0.3 is 4.55 Å². The molecule has 1 fully saturated rings. The Kier molecular flexibility index (Phi) is 6.18. The van der Waals surface area contributed by atoms with E-state index in [-0.39, 0.29) is 54.1 Å². The van der Waals surface area contributed by atoms with Crippen LogP contribution in [0.2, 0.25) is 0 Å². The average Bonchev–Trinajstić information content (AvgIpc) is 1.82. The van der Waals surface area contributed by atoms with Crippen LogP contribution in [0, 0.1) is 5.92 Å². The molecule has 13 heavy (non-hydrogen) atoms. The first kappa shape index (κ1) is 14.0. The van der Waals surface area contributed by atoms with E-state index in [1.54, 1.807) is 0 Å². The van der Waals surface area contributed by atoms with Gasteiger partial charge in [0.1, 0.15) is 0 Å². The quantitative estimate of drug-likeness (QED) is 0.428. The van der Waals surface area contributed by atoms with Crippen molar-refractivity contribution in [1.82, 2.24) is 0 Å². The van der Waals surface area contributed by atoms with Gasteiger partial charge in [0, 0.05) is 18.6 Å². The van der Waals surface area contributed by atoms with Gasteiger partial charge in [-0.1, -0.05) is 11.1 Å². The van der Waals surface area contributed by atoms with Crippen molar-refractivity contribution in [3.8, 4) is 0 Å². The zero-order valence-electron chi connectivity index (χ0n) is 7.59. The molecular weight excluding hydrogens is 209 g/mol. The third-order valence-corrected chi connectivity index (χ3v) is 2.86. The largest absolute Gasteiger partial charge is 1.00 e. The zero-order valence-corrected chi connectivity index (χ0v) is 10.4. The summed E-state index contributed by atoms with van der Waals surface area (Å²) in [6.45, 7) is 0. The first-order valence-electron chi connectivity index (χ1n) is 3.93. The average molecular weight is 220 g/mol. The predicted molar refractivity (Wildman–Crippen MR) is 40.7 cm³/mol. The van der Waals surface area contributed by atoms with Gasteiger partial charge in [0.2, 0.25) is 5.92 Å². The summed E-state index contributed by atoms with van der Waals surface area (Å²) in [6, 6.07) is 0. The summed E-state index contributed by atoms with van der Waals surface area (Å²) in [5.74, 6) is -3.09. The van der Waals surface area contributed by atoms with E-state index < -0.39 is 17.0 Å². The molecule has 2 nitrogen and oxygen atoms in total. The molecule has 1 saturated carbocycles. The van der Waals surface area contributed by atoms with E-state index >= 15 is 0 Å². The minimum atomic E-state index is -2.64. The van der Waals surface area contributed by atoms with Crippen molar-refractivity contribution in [2.24, 2.45) is 5.92 Å². The fourth-order valence-electron chi connectivity index (χ4n) is 1.61. The smallest absolute Gasteiger partial charge is 0.772 e. The van der Waals surface area contributed by atoms with Crippen LogP contribution in [0.25, 0.3) is 0 Å². The van der Waals surface area contributed by atoms with Gasteiger partial charge in [0.05, 0.1) is 0 Å². The summed E-state index contributed by atoms with van der Waals surface area (Å²) in [5.41, 5.74) is 0. The van der Waals surface area contributed by atoms with Crippen LogP contribution in [0.3, 0.4) is 0 Å². The molecule has 0 bridgehead atoms. The van der Waals surface area contributed by atoms with Crippen LogP contribution in [0.4, 0.5) is 8.78 Å². The first-order valence-corrected chi connectivity index (χ1v) is 5.18. The van der Waals surface area contributed by atoms with Crippen LogP contribution in [0.1, 0.15) is 25.7 Å². The maximum atomic E-state index is 12.7. The van der Waals surface area contributed by atoms with E-state index in [9.17, 15) is 17.5 Å². The van der Waals surface area contributed by atoms with Crippen molar-refractivity contribution in [3.05, 3.63) is 0 Å². The van der Waals surface area contributed by atoms with Crippen molar-refractivity contribution >= 4 is 11.1 Å². The molecule has 2 atom stereocenters. The van der Waals surface area contributed by atoms with Gasteiger partial charge in [-0.2, -0.15) is 0 Å². The molecule has 6 heteroatoms. The van der Waals surface area contributed by atoms with E-state index in [1.807, 2.05) is 0 Å². The van der Waals surface area contributed by atoms with E-state index in [4.69, 9.17) is 0 Å². The van der Waals surface area contributed by atoms with Crippen molar-refractivity contribution in [1.29, 1.82) is 0 Å². The van der Waals surface area contributed by atoms with Crippen molar-refractivity contribution in [3.63, 3.8) is 0 Å². The number of halogens is 2. The molecule has 0 amide bonds. The molecule has 1 rings (SSSR count). The maximum absolute atomic E-state index is 12.7. The molecule has 0 spiro atoms. The Labute approximate surface area is 101 Å². The first-order chi connectivity index (χ1) is 5.49. The molecule has 0 radical (unpaired) electrons. The third kappa shape index (κ3) is 5.42. The van der Waals surface area contributed by atoms with Crippen molar-refractivity contribution in [2.45, 2.75) is 31.6 Å². The van der Waals surface area contributed by atoms with E-state index in [0.717, 1.165) is 0 Å². The minimum Gasteiger partial charge on any atom is -0.772 e. The van der Waals surface area contributed by atoms with Gasteiger partial charge in [0.25, 0.3) is 0 Å². The second-order valence-corrected chi connectivity index (χ2v) is 4.23. The number of alkyl halides is 2. The Morgan fingerprint density at radius 1 is 1.54 bits per heavy atom. The summed E-state index contributed by atoms with van der Waals surface area (Å²) < 4.78 is 45.9. The summed E-state index contributed by atoms with van der Waals surface area (Å²) in [7, 11) is 0. The van der Waals surface area contributed by atoms with Gasteiger partial charge >= 0.3 is 29.6 Å². The van der Waals surface area contributed by atoms with Gasteiger partial charge in [-0.05, 0) is 18.8 Å². The Hall–Kier alpha value is 0.970. The van der Waals surface area contributed by atoms with Gasteiger partial charge in [0.15, 0.2) is 0 Å². The van der Waals surface area contributed by atoms with Gasteiger partial charge in [-0.25, -0.2) is 8.78 Å². The predicted octanol–water partition coefficient (Wildman–Crippen LogP) is -1.30. The number of hydrogen-bond acceptors (Lipinski definition) is 2. The van der Waals surface area contributed by atoms with Crippen LogP contribution >= 0.6 is 0 Å². The molecule has 1 aliphatic rings. The fourth-order valence-corrected chi connectivity index (χ4v) is 2.28. The summed E-state index contributed by atoms with van der Waals surface area (Å²) >= 11 is -2.18. The van der Waals surface area contributed by atoms with E-state index in [0.29, 0.717) is 12.8 Å². The second-order valence-electron chi connectivity index (χ2n) is 3.29. The fraction of sp³-hybridized carbons (Fsp3) is 1.00. The van der Waals surface area contributed by atoms with Crippen LogP contribution in [0.5, 0.6) is 0 Å². The Morgan fingerprint density at radius 2 is 2.15 bits per heavy atom. The second kappa shape index (κ2) is 5.75. The van der Waals surface area contributed by atoms with Crippen molar-refractivity contribution < 1.29 is 47.1 Å². The zero-order chi connectivity index (χ0) is 9.19. The topological polar surface area (TPSA) is 40.1 Å². The Balaban J connectivity index is 0.00000144. The maximum Gasteiger partial charge on any atom is 1.00 e. The van der Waals surface area contributed by atoms with Crippen LogP contribution in [-0.2, 0) is 11.1 Å². The molecule has 0 aromatic heterocycles. The van der Waals surface area contributed by atoms with Gasteiger partial charge in [-0.15, -0.1) is 0 Å². The standard InChI is InChI=1S/C7H12F2O2S.Na/c8-7(9)3-1-2-6(4-7)5-12(10)11;/h6H,1-5H2,(H,10,11);/q;+1/p-1. The van der Waals surface area contributed by atoms with E-state index in [1.165, 1.54) is 0 Å². The van der Waals surface area contributed by atoms with Crippen molar-refractivity contribution in [2.75, 3.05) is 5.75 Å². The SMILES string of the molecule is O=S([O-])CC1CCCC(F)(F)C1.[Na+]. The molecule has 0 N–H and O–H groups in total. The minimum absolute atomic E-state index is 0. The van der Waals surface area contributed by atoms with E-state index in [2.05, 4.69) is 0 Å². The normalized spacial score (nSPS) is 29.0. The molecule has 0 aromatic rings. The monoisotopic (exact) mass is 220 g/mol. The Bertz CT molecular complexity index is 189. The molecule has 0 aromatic carbocycles. The number of hydrogen-bond donors (Lipinski definition) is 0. The Morgan fingerprint density at radius 3 is 2.62 bits per heavy atom. The molecule has 0 aliphatic heterocycles. The number of rotatable bonds is 2. The molecule has 72 valence electrons. The van der Waals surface area contributed by atoms with Gasteiger partial charge in [-0.3, -0.25) is 4.21 Å². The summed E-state index contributed by atoms with van der Waals surface area (Å²) in [4.78, 5) is 0. The molecule has 1 aliphatic carbocycles. The van der Waals surface area contributed by atoms with Crippen LogP contribution in [0.15, 0.2) is 0 Å². The molecule has 0 heterocycles. The molecular formula is C7H11F2NaO2S. The summed E-state index contributed by atoms with van der Waals surface area (Å²) in [5, 5.41) is 0. The molecule has 2 unspecified atom stereocenters. The summed E-state index contributed by atoms with van der Waals surface area (Å²) in [6.07, 6.45) is 0.703. The van der Waals surface area contributed by atoms with Crippen LogP contribution in [-0.4, -0.2) is 20.4 Å². The third-order valence-electron chi connectivity index (χ3n) is 2.11. The van der Waals surface area contributed by atoms with Crippen LogP contribution < -0.4 is 29.6 Å².